The van der Waals surface area contributed by atoms with Crippen LogP contribution in [-0.2, 0) is 19.9 Å². The average molecular weight is 330 g/mol. The number of halogens is 5. The molecule has 0 bridgehead atoms. The van der Waals surface area contributed by atoms with E-state index in [0.29, 0.717) is 5.56 Å². The molecule has 0 spiro atoms. The maximum absolute atomic E-state index is 13.9. The second-order valence-corrected chi connectivity index (χ2v) is 7.18. The minimum absolute atomic E-state index is 0.331. The zero-order valence-electron chi connectivity index (χ0n) is 11.4. The Labute approximate surface area is 120 Å². The highest BCUT2D eigenvalue weighted by atomic mass is 28.4. The number of hydrogen-bond acceptors (Lipinski definition) is 3. The first-order chi connectivity index (χ1) is 9.66. The van der Waals surface area contributed by atoms with Gasteiger partial charge in [-0.1, -0.05) is 30.3 Å². The summed E-state index contributed by atoms with van der Waals surface area (Å²) in [6, 6.07) is 8.18. The number of rotatable bonds is 7. The third-order valence-corrected chi connectivity index (χ3v) is 5.35. The third kappa shape index (κ3) is 4.73. The highest BCUT2D eigenvalue weighted by molar-refractivity contribution is 6.63. The molecule has 0 N–H and O–H groups in total. The molecule has 0 atom stereocenters. The lowest BCUT2D eigenvalue weighted by molar-refractivity contribution is -0.183. The van der Waals surface area contributed by atoms with Crippen LogP contribution in [0.5, 0.6) is 0 Å². The first-order valence-corrected chi connectivity index (χ1v) is 7.61. The number of benzene rings is 1. The van der Waals surface area contributed by atoms with Gasteiger partial charge in [-0.15, -0.1) is 0 Å². The van der Waals surface area contributed by atoms with Crippen molar-refractivity contribution in [3.63, 3.8) is 0 Å². The van der Waals surface area contributed by atoms with Gasteiger partial charge in [0.2, 0.25) is 0 Å². The molecule has 0 unspecified atom stereocenters. The minimum atomic E-state index is -5.06. The molecule has 120 valence electrons. The second-order valence-electron chi connectivity index (χ2n) is 4.24. The highest BCUT2D eigenvalue weighted by Crippen LogP contribution is 2.39. The monoisotopic (exact) mass is 330 g/mol. The number of alkyl halides is 5. The van der Waals surface area contributed by atoms with E-state index in [1.54, 1.807) is 30.3 Å². The summed E-state index contributed by atoms with van der Waals surface area (Å²) in [7, 11) is -3.11. The van der Waals surface area contributed by atoms with E-state index in [0.717, 1.165) is 14.2 Å². The Bertz CT molecular complexity index is 434. The van der Waals surface area contributed by atoms with Crippen LogP contribution in [0.15, 0.2) is 30.3 Å². The second kappa shape index (κ2) is 6.82. The molecule has 0 aliphatic carbocycles. The molecule has 0 amide bonds. The number of hydrogen-bond donors (Lipinski definition) is 0. The van der Waals surface area contributed by atoms with Gasteiger partial charge in [0.1, 0.15) is 6.42 Å². The van der Waals surface area contributed by atoms with Gasteiger partial charge in [0, 0.05) is 14.2 Å². The summed E-state index contributed by atoms with van der Waals surface area (Å²) in [4.78, 5) is 0. The van der Waals surface area contributed by atoms with Gasteiger partial charge < -0.3 is 13.3 Å². The van der Waals surface area contributed by atoms with Gasteiger partial charge in [0.25, 0.3) is 0 Å². The summed E-state index contributed by atoms with van der Waals surface area (Å²) in [5.41, 5.74) is -3.75. The zero-order valence-corrected chi connectivity index (χ0v) is 12.4. The molecule has 1 aromatic carbocycles. The van der Waals surface area contributed by atoms with Crippen LogP contribution in [0.1, 0.15) is 12.0 Å². The van der Waals surface area contributed by atoms with Crippen molar-refractivity contribution < 1.29 is 35.2 Å². The summed E-state index contributed by atoms with van der Waals surface area (Å²) >= 11 is 0. The third-order valence-electron chi connectivity index (χ3n) is 2.68. The molecule has 0 fully saturated rings. The molecule has 9 heteroatoms. The molecule has 1 rings (SSSR count). The summed E-state index contributed by atoms with van der Waals surface area (Å²) in [5.74, 6) is 0. The standard InChI is InChI=1S/C12H15F5O3Si/c1-18-21(19-2,12(16,17)9-11(13,14)15)20-8-10-6-4-3-5-7-10/h3-7H,8-9H2,1-2H3. The van der Waals surface area contributed by atoms with Crippen LogP contribution >= 0.6 is 0 Å². The van der Waals surface area contributed by atoms with Crippen molar-refractivity contribution in [2.75, 3.05) is 14.2 Å². The molecule has 3 nitrogen and oxygen atoms in total. The largest absolute Gasteiger partial charge is 0.574 e. The Kier molecular flexibility index (Phi) is 5.85. The molecule has 1 aromatic rings. The average Bonchev–Trinajstić information content (AvgIpc) is 2.38. The highest BCUT2D eigenvalue weighted by Gasteiger charge is 2.67. The van der Waals surface area contributed by atoms with E-state index >= 15 is 0 Å². The van der Waals surface area contributed by atoms with Crippen molar-refractivity contribution in [2.45, 2.75) is 24.7 Å². The predicted octanol–water partition coefficient (Wildman–Crippen LogP) is 3.56. The van der Waals surface area contributed by atoms with E-state index < -0.39 is 26.9 Å². The zero-order chi connectivity index (χ0) is 16.1. The Morgan fingerprint density at radius 2 is 1.48 bits per heavy atom. The van der Waals surface area contributed by atoms with Crippen LogP contribution in [0.4, 0.5) is 22.0 Å². The summed E-state index contributed by atoms with van der Waals surface area (Å²) in [5, 5.41) is 0. The smallest absolute Gasteiger partial charge is 0.373 e. The van der Waals surface area contributed by atoms with Crippen LogP contribution < -0.4 is 0 Å². The van der Waals surface area contributed by atoms with Crippen LogP contribution in [0.25, 0.3) is 0 Å². The van der Waals surface area contributed by atoms with Crippen molar-refractivity contribution in [1.82, 2.24) is 0 Å². The van der Waals surface area contributed by atoms with Gasteiger partial charge in [-0.05, 0) is 5.56 Å². The lowest BCUT2D eigenvalue weighted by atomic mass is 10.2. The summed E-state index contributed by atoms with van der Waals surface area (Å²) in [6.07, 6.45) is -7.42. The van der Waals surface area contributed by atoms with E-state index in [4.69, 9.17) is 4.43 Å². The lowest BCUT2D eigenvalue weighted by Gasteiger charge is -2.33. The fraction of sp³-hybridized carbons (Fsp3) is 0.500. The van der Waals surface area contributed by atoms with Crippen LogP contribution in [0.3, 0.4) is 0 Å². The van der Waals surface area contributed by atoms with Gasteiger partial charge in [0.15, 0.2) is 0 Å². The van der Waals surface area contributed by atoms with E-state index in [1.165, 1.54) is 0 Å². The molecule has 0 saturated heterocycles. The van der Waals surface area contributed by atoms with Crippen molar-refractivity contribution >= 4 is 8.80 Å². The van der Waals surface area contributed by atoms with E-state index in [1.807, 2.05) is 0 Å². The van der Waals surface area contributed by atoms with Crippen molar-refractivity contribution in [3.8, 4) is 0 Å². The molecule has 21 heavy (non-hydrogen) atoms. The molecule has 0 radical (unpaired) electrons. The minimum Gasteiger partial charge on any atom is -0.373 e. The van der Waals surface area contributed by atoms with Gasteiger partial charge in [-0.3, -0.25) is 0 Å². The fourth-order valence-electron chi connectivity index (χ4n) is 1.72. The first-order valence-electron chi connectivity index (χ1n) is 5.88. The SMILES string of the molecule is CO[Si](OC)(OCc1ccccc1)C(F)(F)CC(F)(F)F. The van der Waals surface area contributed by atoms with Gasteiger partial charge in [-0.2, -0.15) is 13.2 Å². The van der Waals surface area contributed by atoms with Gasteiger partial charge >= 0.3 is 20.5 Å². The van der Waals surface area contributed by atoms with Gasteiger partial charge in [-0.25, -0.2) is 8.78 Å². The molecular formula is C12H15F5O3Si. The maximum atomic E-state index is 13.9. The Hall–Kier alpha value is -1.03. The quantitative estimate of drug-likeness (QED) is 0.565. The van der Waals surface area contributed by atoms with Crippen molar-refractivity contribution in [2.24, 2.45) is 0 Å². The molecule has 0 heterocycles. The maximum Gasteiger partial charge on any atom is 0.574 e. The molecule has 0 aliphatic rings. The Morgan fingerprint density at radius 3 is 1.90 bits per heavy atom. The molecule has 0 aromatic heterocycles. The van der Waals surface area contributed by atoms with Crippen LogP contribution in [-0.4, -0.2) is 34.7 Å². The molecule has 0 saturated carbocycles. The molecular weight excluding hydrogens is 315 g/mol. The first kappa shape index (κ1) is 18.0. The van der Waals surface area contributed by atoms with Crippen LogP contribution in [0.2, 0.25) is 0 Å². The Balaban J connectivity index is 2.91. The topological polar surface area (TPSA) is 27.7 Å². The fourth-order valence-corrected chi connectivity index (χ4v) is 3.70. The predicted molar refractivity (Wildman–Crippen MR) is 66.6 cm³/mol. The molecule has 0 aliphatic heterocycles. The van der Waals surface area contributed by atoms with Crippen molar-refractivity contribution in [1.29, 1.82) is 0 Å². The van der Waals surface area contributed by atoms with Crippen molar-refractivity contribution in [3.05, 3.63) is 35.9 Å². The van der Waals surface area contributed by atoms with E-state index in [9.17, 15) is 22.0 Å². The Morgan fingerprint density at radius 1 is 0.952 bits per heavy atom. The summed E-state index contributed by atoms with van der Waals surface area (Å²) < 4.78 is 78.8. The van der Waals surface area contributed by atoms with E-state index in [-0.39, 0.29) is 6.61 Å². The van der Waals surface area contributed by atoms with Crippen LogP contribution in [0, 0.1) is 0 Å². The van der Waals surface area contributed by atoms with Gasteiger partial charge in [0.05, 0.1) is 6.61 Å². The van der Waals surface area contributed by atoms with E-state index in [2.05, 4.69) is 8.85 Å². The summed E-state index contributed by atoms with van der Waals surface area (Å²) in [6.45, 7) is -0.331. The normalized spacial score (nSPS) is 13.5. The lowest BCUT2D eigenvalue weighted by Crippen LogP contribution is -2.61.